The quantitative estimate of drug-likeness (QED) is 0.877. The van der Waals surface area contributed by atoms with E-state index < -0.39 is 10.0 Å². The Morgan fingerprint density at radius 3 is 2.56 bits per heavy atom. The van der Waals surface area contributed by atoms with E-state index in [1.54, 1.807) is 6.07 Å². The van der Waals surface area contributed by atoms with E-state index in [1.165, 1.54) is 12.1 Å². The topological polar surface area (TPSA) is 55.4 Å². The number of rotatable bonds is 6. The van der Waals surface area contributed by atoms with Gasteiger partial charge in [-0.3, -0.25) is 0 Å². The monoisotopic (exact) mass is 291 g/mol. The van der Waals surface area contributed by atoms with Crippen molar-refractivity contribution in [1.29, 1.82) is 0 Å². The summed E-state index contributed by atoms with van der Waals surface area (Å²) < 4.78 is 31.9. The van der Waals surface area contributed by atoms with Crippen molar-refractivity contribution in [2.45, 2.75) is 38.1 Å². The Balaban J connectivity index is 3.00. The third-order valence-corrected chi connectivity index (χ3v) is 4.36. The van der Waals surface area contributed by atoms with Gasteiger partial charge in [0.05, 0.1) is 16.5 Å². The van der Waals surface area contributed by atoms with Crippen molar-refractivity contribution >= 4 is 21.6 Å². The van der Waals surface area contributed by atoms with E-state index in [9.17, 15) is 8.42 Å². The Bertz CT molecular complexity index is 502. The Morgan fingerprint density at radius 1 is 1.39 bits per heavy atom. The second kappa shape index (κ2) is 6.41. The molecule has 1 rings (SSSR count). The molecule has 0 heterocycles. The zero-order valence-corrected chi connectivity index (χ0v) is 12.3. The fraction of sp³-hybridized carbons (Fsp3) is 0.500. The molecule has 1 aromatic rings. The minimum Gasteiger partial charge on any atom is -0.492 e. The minimum absolute atomic E-state index is 0.111. The van der Waals surface area contributed by atoms with Gasteiger partial charge in [-0.1, -0.05) is 18.5 Å². The first kappa shape index (κ1) is 15.3. The summed E-state index contributed by atoms with van der Waals surface area (Å²) in [6, 6.07) is 4.34. The molecule has 0 amide bonds. The normalized spacial score (nSPS) is 13.3. The maximum atomic E-state index is 12.0. The lowest BCUT2D eigenvalue weighted by molar-refractivity contribution is 0.340. The first-order valence-electron chi connectivity index (χ1n) is 5.85. The lowest BCUT2D eigenvalue weighted by atomic mass is 10.3. The Morgan fingerprint density at radius 2 is 2.06 bits per heavy atom. The summed E-state index contributed by atoms with van der Waals surface area (Å²) in [4.78, 5) is 0.149. The van der Waals surface area contributed by atoms with Crippen LogP contribution in [-0.2, 0) is 10.0 Å². The van der Waals surface area contributed by atoms with Crippen molar-refractivity contribution in [2.75, 3.05) is 6.61 Å². The first-order chi connectivity index (χ1) is 8.40. The number of benzene rings is 1. The SMILES string of the molecule is CCOc1ccc(S(=O)(=O)NC(C)CC)cc1Cl. The van der Waals surface area contributed by atoms with Gasteiger partial charge in [0.25, 0.3) is 0 Å². The molecule has 1 unspecified atom stereocenters. The standard InChI is InChI=1S/C12H18ClNO3S/c1-4-9(3)14-18(15,16)10-6-7-12(17-5-2)11(13)8-10/h6-9,14H,4-5H2,1-3H3. The molecule has 0 radical (unpaired) electrons. The minimum atomic E-state index is -3.52. The molecule has 1 N–H and O–H groups in total. The number of hydrogen-bond acceptors (Lipinski definition) is 3. The summed E-state index contributed by atoms with van der Waals surface area (Å²) in [7, 11) is -3.52. The van der Waals surface area contributed by atoms with E-state index in [1.807, 2.05) is 20.8 Å². The molecule has 0 aliphatic rings. The van der Waals surface area contributed by atoms with Crippen LogP contribution in [0.15, 0.2) is 23.1 Å². The van der Waals surface area contributed by atoms with Crippen LogP contribution < -0.4 is 9.46 Å². The fourth-order valence-electron chi connectivity index (χ4n) is 1.34. The highest BCUT2D eigenvalue weighted by atomic mass is 35.5. The predicted octanol–water partition coefficient (Wildman–Crippen LogP) is 2.82. The molecule has 0 aliphatic heterocycles. The lowest BCUT2D eigenvalue weighted by Crippen LogP contribution is -2.31. The number of halogens is 1. The average molecular weight is 292 g/mol. The Labute approximate surface area is 113 Å². The van der Waals surface area contributed by atoms with Crippen LogP contribution in [0.5, 0.6) is 5.75 Å². The highest BCUT2D eigenvalue weighted by Crippen LogP contribution is 2.27. The van der Waals surface area contributed by atoms with Gasteiger partial charge in [0.2, 0.25) is 10.0 Å². The molecule has 0 aromatic heterocycles. The molecule has 0 saturated heterocycles. The molecule has 0 saturated carbocycles. The third kappa shape index (κ3) is 3.86. The van der Waals surface area contributed by atoms with Gasteiger partial charge >= 0.3 is 0 Å². The van der Waals surface area contributed by atoms with Crippen molar-refractivity contribution in [3.63, 3.8) is 0 Å². The predicted molar refractivity (Wildman–Crippen MR) is 72.7 cm³/mol. The molecule has 6 heteroatoms. The van der Waals surface area contributed by atoms with Crippen LogP contribution in [0.25, 0.3) is 0 Å². The Kier molecular flexibility index (Phi) is 5.44. The molecule has 102 valence electrons. The summed E-state index contributed by atoms with van der Waals surface area (Å²) >= 11 is 5.97. The van der Waals surface area contributed by atoms with Gasteiger partial charge in [-0.2, -0.15) is 0 Å². The average Bonchev–Trinajstić information content (AvgIpc) is 2.31. The first-order valence-corrected chi connectivity index (χ1v) is 7.71. The largest absolute Gasteiger partial charge is 0.492 e. The molecular weight excluding hydrogens is 274 g/mol. The van der Waals surface area contributed by atoms with Crippen LogP contribution in [-0.4, -0.2) is 21.1 Å². The molecule has 0 fully saturated rings. The van der Waals surface area contributed by atoms with Gasteiger partial charge in [0.15, 0.2) is 0 Å². The zero-order valence-electron chi connectivity index (χ0n) is 10.7. The zero-order chi connectivity index (χ0) is 13.8. The van der Waals surface area contributed by atoms with Crippen LogP contribution in [0.4, 0.5) is 0 Å². The molecule has 0 bridgehead atoms. The molecule has 1 atom stereocenters. The highest BCUT2D eigenvalue weighted by molar-refractivity contribution is 7.89. The van der Waals surface area contributed by atoms with Crippen LogP contribution in [0.1, 0.15) is 27.2 Å². The summed E-state index contributed by atoms with van der Waals surface area (Å²) in [6.45, 7) is 6.05. The summed E-state index contributed by atoms with van der Waals surface area (Å²) in [5.41, 5.74) is 0. The maximum absolute atomic E-state index is 12.0. The van der Waals surface area contributed by atoms with Crippen molar-refractivity contribution in [3.8, 4) is 5.75 Å². The molecule has 1 aromatic carbocycles. The van der Waals surface area contributed by atoms with Gasteiger partial charge in [0, 0.05) is 6.04 Å². The molecule has 0 spiro atoms. The molecule has 18 heavy (non-hydrogen) atoms. The van der Waals surface area contributed by atoms with Gasteiger partial charge in [-0.05, 0) is 38.5 Å². The summed E-state index contributed by atoms with van der Waals surface area (Å²) in [5, 5.41) is 0.295. The van der Waals surface area contributed by atoms with Gasteiger partial charge < -0.3 is 4.74 Å². The van der Waals surface area contributed by atoms with Crippen LogP contribution >= 0.6 is 11.6 Å². The van der Waals surface area contributed by atoms with Crippen LogP contribution in [0.2, 0.25) is 5.02 Å². The number of ether oxygens (including phenoxy) is 1. The molecule has 0 aliphatic carbocycles. The lowest BCUT2D eigenvalue weighted by Gasteiger charge is -2.13. The van der Waals surface area contributed by atoms with Crippen LogP contribution in [0.3, 0.4) is 0 Å². The van der Waals surface area contributed by atoms with E-state index in [0.717, 1.165) is 6.42 Å². The van der Waals surface area contributed by atoms with Crippen molar-refractivity contribution < 1.29 is 13.2 Å². The van der Waals surface area contributed by atoms with E-state index in [2.05, 4.69) is 4.72 Å². The second-order valence-corrected chi connectivity index (χ2v) is 6.08. The number of hydrogen-bond donors (Lipinski definition) is 1. The Hall–Kier alpha value is -0.780. The number of sulfonamides is 1. The van der Waals surface area contributed by atoms with Gasteiger partial charge in [-0.15, -0.1) is 0 Å². The molecule has 4 nitrogen and oxygen atoms in total. The van der Waals surface area contributed by atoms with E-state index >= 15 is 0 Å². The second-order valence-electron chi connectivity index (χ2n) is 3.96. The fourth-order valence-corrected chi connectivity index (χ4v) is 2.99. The van der Waals surface area contributed by atoms with Crippen molar-refractivity contribution in [2.24, 2.45) is 0 Å². The van der Waals surface area contributed by atoms with Crippen molar-refractivity contribution in [1.82, 2.24) is 4.72 Å². The van der Waals surface area contributed by atoms with Gasteiger partial charge in [0.1, 0.15) is 5.75 Å². The van der Waals surface area contributed by atoms with Gasteiger partial charge in [-0.25, -0.2) is 13.1 Å². The highest BCUT2D eigenvalue weighted by Gasteiger charge is 2.17. The van der Waals surface area contributed by atoms with E-state index in [0.29, 0.717) is 17.4 Å². The molecular formula is C12H18ClNO3S. The summed E-state index contributed by atoms with van der Waals surface area (Å²) in [6.07, 6.45) is 0.726. The van der Waals surface area contributed by atoms with Crippen molar-refractivity contribution in [3.05, 3.63) is 23.2 Å². The third-order valence-electron chi connectivity index (χ3n) is 2.48. The van der Waals surface area contributed by atoms with E-state index in [4.69, 9.17) is 16.3 Å². The maximum Gasteiger partial charge on any atom is 0.240 e. The van der Waals surface area contributed by atoms with E-state index in [-0.39, 0.29) is 10.9 Å². The summed E-state index contributed by atoms with van der Waals surface area (Å²) in [5.74, 6) is 0.488. The number of nitrogens with one attached hydrogen (secondary N) is 1. The van der Waals surface area contributed by atoms with Crippen LogP contribution in [0, 0.1) is 0 Å². The smallest absolute Gasteiger partial charge is 0.240 e.